The van der Waals surface area contributed by atoms with E-state index in [-0.39, 0.29) is 11.7 Å². The maximum atomic E-state index is 11.6. The Bertz CT molecular complexity index is 618. The van der Waals surface area contributed by atoms with E-state index in [1.807, 2.05) is 26.0 Å². The Morgan fingerprint density at radius 2 is 2.00 bits per heavy atom. The normalized spacial score (nSPS) is 22.0. The average molecular weight is 309 g/mol. The van der Waals surface area contributed by atoms with Gasteiger partial charge in [-0.1, -0.05) is 6.07 Å². The van der Waals surface area contributed by atoms with Crippen LogP contribution in [0.15, 0.2) is 23.2 Å². The third-order valence-electron chi connectivity index (χ3n) is 3.57. The first-order valence-corrected chi connectivity index (χ1v) is 9.02. The molecule has 1 fully saturated rings. The molecule has 3 N–H and O–H groups in total. The molecule has 2 rings (SSSR count). The molecule has 1 saturated heterocycles. The highest BCUT2D eigenvalue weighted by Crippen LogP contribution is 2.18. The van der Waals surface area contributed by atoms with Gasteiger partial charge in [0.25, 0.3) is 0 Å². The number of hydrogen-bond acceptors (Lipinski definition) is 3. The molecule has 1 aromatic carbocycles. The number of sulfone groups is 1. The molecule has 5 nitrogen and oxygen atoms in total. The molecule has 1 heterocycles. The van der Waals surface area contributed by atoms with Crippen molar-refractivity contribution in [2.45, 2.75) is 26.7 Å². The van der Waals surface area contributed by atoms with Gasteiger partial charge in [-0.3, -0.25) is 4.99 Å². The zero-order valence-electron chi connectivity index (χ0n) is 12.6. The highest BCUT2D eigenvalue weighted by molar-refractivity contribution is 7.91. The lowest BCUT2D eigenvalue weighted by Gasteiger charge is -2.20. The SMILES string of the molecule is Cc1cc(C)cc(NC(N)=NCC2CCCS(=O)(=O)C2)c1. The minimum absolute atomic E-state index is 0.0864. The van der Waals surface area contributed by atoms with Crippen LogP contribution in [0.5, 0.6) is 0 Å². The van der Waals surface area contributed by atoms with Crippen LogP contribution in [0.2, 0.25) is 0 Å². The first-order valence-electron chi connectivity index (χ1n) is 7.20. The molecular weight excluding hydrogens is 286 g/mol. The molecule has 0 aromatic heterocycles. The van der Waals surface area contributed by atoms with E-state index < -0.39 is 9.84 Å². The van der Waals surface area contributed by atoms with Crippen LogP contribution in [0.4, 0.5) is 5.69 Å². The van der Waals surface area contributed by atoms with Crippen molar-refractivity contribution in [1.29, 1.82) is 0 Å². The van der Waals surface area contributed by atoms with E-state index in [1.54, 1.807) is 0 Å². The van der Waals surface area contributed by atoms with Crippen molar-refractivity contribution in [1.82, 2.24) is 0 Å². The standard InChI is InChI=1S/C15H23N3O2S/c1-11-6-12(2)8-14(7-11)18-15(16)17-9-13-4-3-5-21(19,20)10-13/h6-8,13H,3-5,9-10H2,1-2H3,(H3,16,17,18). The van der Waals surface area contributed by atoms with Crippen molar-refractivity contribution in [2.24, 2.45) is 16.6 Å². The molecule has 1 atom stereocenters. The Balaban J connectivity index is 1.95. The number of rotatable bonds is 3. The Labute approximate surface area is 126 Å². The van der Waals surface area contributed by atoms with Gasteiger partial charge in [0.1, 0.15) is 0 Å². The van der Waals surface area contributed by atoms with Gasteiger partial charge in [-0.05, 0) is 55.9 Å². The molecular formula is C15H23N3O2S. The summed E-state index contributed by atoms with van der Waals surface area (Å²) in [5, 5.41) is 3.06. The zero-order valence-corrected chi connectivity index (χ0v) is 13.4. The largest absolute Gasteiger partial charge is 0.370 e. The molecule has 21 heavy (non-hydrogen) atoms. The number of anilines is 1. The van der Waals surface area contributed by atoms with Gasteiger partial charge in [0, 0.05) is 12.2 Å². The number of benzene rings is 1. The van der Waals surface area contributed by atoms with Gasteiger partial charge in [0.05, 0.1) is 11.5 Å². The Hall–Kier alpha value is -1.56. The molecule has 0 spiro atoms. The van der Waals surface area contributed by atoms with Crippen LogP contribution < -0.4 is 11.1 Å². The van der Waals surface area contributed by atoms with Crippen molar-refractivity contribution in [3.8, 4) is 0 Å². The first kappa shape index (κ1) is 15.8. The van der Waals surface area contributed by atoms with Gasteiger partial charge in [-0.25, -0.2) is 8.42 Å². The van der Waals surface area contributed by atoms with E-state index in [4.69, 9.17) is 5.73 Å². The lowest BCUT2D eigenvalue weighted by Crippen LogP contribution is -2.29. The van der Waals surface area contributed by atoms with Crippen LogP contribution in [0, 0.1) is 19.8 Å². The number of guanidine groups is 1. The van der Waals surface area contributed by atoms with Crippen molar-refractivity contribution < 1.29 is 8.42 Å². The predicted octanol–water partition coefficient (Wildman–Crippen LogP) is 1.85. The maximum absolute atomic E-state index is 11.6. The summed E-state index contributed by atoms with van der Waals surface area (Å²) in [4.78, 5) is 4.29. The summed E-state index contributed by atoms with van der Waals surface area (Å²) in [5.41, 5.74) is 9.10. The van der Waals surface area contributed by atoms with Crippen LogP contribution in [0.1, 0.15) is 24.0 Å². The van der Waals surface area contributed by atoms with Crippen LogP contribution in [-0.4, -0.2) is 32.4 Å². The lowest BCUT2D eigenvalue weighted by molar-refractivity contribution is 0.494. The monoisotopic (exact) mass is 309 g/mol. The molecule has 1 unspecified atom stereocenters. The number of nitrogens with two attached hydrogens (primary N) is 1. The lowest BCUT2D eigenvalue weighted by atomic mass is 10.1. The Morgan fingerprint density at radius 3 is 2.62 bits per heavy atom. The average Bonchev–Trinajstić information content (AvgIpc) is 2.34. The van der Waals surface area contributed by atoms with Gasteiger partial charge < -0.3 is 11.1 Å². The van der Waals surface area contributed by atoms with E-state index in [0.717, 1.165) is 29.7 Å². The number of nitrogens with one attached hydrogen (secondary N) is 1. The minimum Gasteiger partial charge on any atom is -0.370 e. The van der Waals surface area contributed by atoms with E-state index in [1.165, 1.54) is 0 Å². The van der Waals surface area contributed by atoms with E-state index in [0.29, 0.717) is 18.3 Å². The smallest absolute Gasteiger partial charge is 0.193 e. The number of aliphatic imine (C=N–C) groups is 1. The van der Waals surface area contributed by atoms with Gasteiger partial charge in [-0.15, -0.1) is 0 Å². The summed E-state index contributed by atoms with van der Waals surface area (Å²) >= 11 is 0. The molecule has 6 heteroatoms. The third-order valence-corrected chi connectivity index (χ3v) is 5.46. The Kier molecular flexibility index (Phi) is 4.88. The van der Waals surface area contributed by atoms with Crippen molar-refractivity contribution in [2.75, 3.05) is 23.4 Å². The molecule has 0 saturated carbocycles. The third kappa shape index (κ3) is 5.04. The topological polar surface area (TPSA) is 84.5 Å². The summed E-state index contributed by atoms with van der Waals surface area (Å²) in [6.45, 7) is 4.51. The van der Waals surface area contributed by atoms with E-state index >= 15 is 0 Å². The molecule has 0 amide bonds. The van der Waals surface area contributed by atoms with Crippen molar-refractivity contribution >= 4 is 21.5 Å². The number of hydrogen-bond donors (Lipinski definition) is 2. The molecule has 0 aliphatic carbocycles. The fraction of sp³-hybridized carbons (Fsp3) is 0.533. The summed E-state index contributed by atoms with van der Waals surface area (Å²) in [5.74, 6) is 0.961. The van der Waals surface area contributed by atoms with Crippen LogP contribution >= 0.6 is 0 Å². The van der Waals surface area contributed by atoms with E-state index in [9.17, 15) is 8.42 Å². The van der Waals surface area contributed by atoms with Crippen molar-refractivity contribution in [3.05, 3.63) is 29.3 Å². The molecule has 0 bridgehead atoms. The van der Waals surface area contributed by atoms with Crippen LogP contribution in [0.3, 0.4) is 0 Å². The molecule has 1 aromatic rings. The fourth-order valence-corrected chi connectivity index (χ4v) is 4.49. The predicted molar refractivity (Wildman–Crippen MR) is 87.4 cm³/mol. The summed E-state index contributed by atoms with van der Waals surface area (Å²) < 4.78 is 23.2. The molecule has 0 radical (unpaired) electrons. The van der Waals surface area contributed by atoms with Gasteiger partial charge >= 0.3 is 0 Å². The van der Waals surface area contributed by atoms with Crippen LogP contribution in [0.25, 0.3) is 0 Å². The second kappa shape index (κ2) is 6.47. The first-order chi connectivity index (χ1) is 9.84. The second-order valence-electron chi connectivity index (χ2n) is 5.85. The quantitative estimate of drug-likeness (QED) is 0.659. The highest BCUT2D eigenvalue weighted by Gasteiger charge is 2.24. The fourth-order valence-electron chi connectivity index (χ4n) is 2.72. The van der Waals surface area contributed by atoms with Gasteiger partial charge in [0.15, 0.2) is 15.8 Å². The summed E-state index contributed by atoms with van der Waals surface area (Å²) in [6, 6.07) is 6.09. The number of nitrogens with zero attached hydrogens (tertiary/aromatic N) is 1. The second-order valence-corrected chi connectivity index (χ2v) is 8.08. The molecule has 1 aliphatic rings. The van der Waals surface area contributed by atoms with E-state index in [2.05, 4.69) is 16.4 Å². The maximum Gasteiger partial charge on any atom is 0.193 e. The summed E-state index contributed by atoms with van der Waals surface area (Å²) in [6.07, 6.45) is 1.63. The Morgan fingerprint density at radius 1 is 1.33 bits per heavy atom. The van der Waals surface area contributed by atoms with Gasteiger partial charge in [0.2, 0.25) is 0 Å². The molecule has 1 aliphatic heterocycles. The van der Waals surface area contributed by atoms with Crippen molar-refractivity contribution in [3.63, 3.8) is 0 Å². The molecule has 116 valence electrons. The summed E-state index contributed by atoms with van der Waals surface area (Å²) in [7, 11) is -2.88. The highest BCUT2D eigenvalue weighted by atomic mass is 32.2. The number of aryl methyl sites for hydroxylation is 2. The minimum atomic E-state index is -2.88. The van der Waals surface area contributed by atoms with Gasteiger partial charge in [-0.2, -0.15) is 0 Å². The van der Waals surface area contributed by atoms with Crippen LogP contribution in [-0.2, 0) is 9.84 Å². The zero-order chi connectivity index (χ0) is 15.5.